The fraction of sp³-hybridized carbons (Fsp3) is 0.483. The number of urea groups is 1. The molecule has 1 saturated heterocycles. The molecule has 1 spiro atoms. The Hall–Kier alpha value is -2.86. The standard InChI is InChI=1S/C29H36ClN3O3/c1-18(2)22-10-9-11-23(19(3)4)26(22)31-25(34)17-32-27(35)29(14-7-6-8-15-29)33(28(32)36)21-12-13-24(30)20(5)16-21/h9-13,16,18-19H,6-8,14-15,17H2,1-5H3,(H,31,34). The highest BCUT2D eigenvalue weighted by Crippen LogP contribution is 2.44. The van der Waals surface area contributed by atoms with Crippen LogP contribution in [0, 0.1) is 6.92 Å². The molecule has 1 aliphatic carbocycles. The van der Waals surface area contributed by atoms with Crippen LogP contribution < -0.4 is 10.2 Å². The highest BCUT2D eigenvalue weighted by molar-refractivity contribution is 6.31. The molecule has 1 N–H and O–H groups in total. The number of rotatable bonds is 6. The maximum Gasteiger partial charge on any atom is 0.332 e. The zero-order valence-electron chi connectivity index (χ0n) is 21.9. The second kappa shape index (κ2) is 10.3. The van der Waals surface area contributed by atoms with Crippen molar-refractivity contribution in [2.24, 2.45) is 0 Å². The number of carbonyl (C=O) groups excluding carboxylic acids is 3. The van der Waals surface area contributed by atoms with Gasteiger partial charge in [0.05, 0.1) is 0 Å². The lowest BCUT2D eigenvalue weighted by atomic mass is 9.80. The first-order valence-electron chi connectivity index (χ1n) is 12.9. The van der Waals surface area contributed by atoms with Crippen LogP contribution in [0.4, 0.5) is 16.2 Å². The maximum atomic E-state index is 13.8. The van der Waals surface area contributed by atoms with Crippen molar-refractivity contribution in [3.8, 4) is 0 Å². The number of anilines is 2. The topological polar surface area (TPSA) is 69.7 Å². The quantitative estimate of drug-likeness (QED) is 0.426. The van der Waals surface area contributed by atoms with Crippen molar-refractivity contribution in [3.05, 3.63) is 58.1 Å². The summed E-state index contributed by atoms with van der Waals surface area (Å²) >= 11 is 6.24. The molecule has 7 heteroatoms. The van der Waals surface area contributed by atoms with E-state index in [1.807, 2.05) is 31.2 Å². The van der Waals surface area contributed by atoms with Gasteiger partial charge in [-0.3, -0.25) is 19.4 Å². The minimum atomic E-state index is -0.950. The first-order chi connectivity index (χ1) is 17.1. The Morgan fingerprint density at radius 2 is 1.61 bits per heavy atom. The first-order valence-corrected chi connectivity index (χ1v) is 13.3. The second-order valence-electron chi connectivity index (χ2n) is 10.7. The average molecular weight is 510 g/mol. The Morgan fingerprint density at radius 1 is 1.00 bits per heavy atom. The van der Waals surface area contributed by atoms with E-state index in [1.165, 1.54) is 0 Å². The van der Waals surface area contributed by atoms with Gasteiger partial charge in [0, 0.05) is 16.4 Å². The molecule has 6 nitrogen and oxygen atoms in total. The molecule has 1 aliphatic heterocycles. The predicted octanol–water partition coefficient (Wildman–Crippen LogP) is 7.01. The molecule has 0 unspecified atom stereocenters. The summed E-state index contributed by atoms with van der Waals surface area (Å²) in [7, 11) is 0. The van der Waals surface area contributed by atoms with Crippen molar-refractivity contribution in [3.63, 3.8) is 0 Å². The number of imide groups is 1. The smallest absolute Gasteiger partial charge is 0.324 e. The molecule has 2 aromatic rings. The number of benzene rings is 2. The summed E-state index contributed by atoms with van der Waals surface area (Å²) in [4.78, 5) is 43.6. The molecular formula is C29H36ClN3O3. The minimum absolute atomic E-state index is 0.211. The van der Waals surface area contributed by atoms with E-state index < -0.39 is 11.6 Å². The highest BCUT2D eigenvalue weighted by Gasteiger charge is 2.58. The molecule has 1 saturated carbocycles. The molecule has 2 aliphatic rings. The van der Waals surface area contributed by atoms with Crippen LogP contribution in [0.15, 0.2) is 36.4 Å². The van der Waals surface area contributed by atoms with Crippen LogP contribution in [0.1, 0.15) is 88.3 Å². The second-order valence-corrected chi connectivity index (χ2v) is 11.1. The summed E-state index contributed by atoms with van der Waals surface area (Å²) in [6.07, 6.45) is 3.93. The van der Waals surface area contributed by atoms with Crippen LogP contribution in [-0.2, 0) is 9.59 Å². The van der Waals surface area contributed by atoms with Crippen LogP contribution in [0.5, 0.6) is 0 Å². The van der Waals surface area contributed by atoms with E-state index in [2.05, 4.69) is 33.0 Å². The average Bonchev–Trinajstić information content (AvgIpc) is 3.02. The number of hydrogen-bond donors (Lipinski definition) is 1. The lowest BCUT2D eigenvalue weighted by molar-refractivity contribution is -0.134. The lowest BCUT2D eigenvalue weighted by Gasteiger charge is -2.38. The van der Waals surface area contributed by atoms with Crippen LogP contribution >= 0.6 is 11.6 Å². The summed E-state index contributed by atoms with van der Waals surface area (Å²) < 4.78 is 0. The maximum absolute atomic E-state index is 13.8. The number of para-hydroxylation sites is 1. The number of aryl methyl sites for hydroxylation is 1. The Bertz CT molecular complexity index is 1160. The van der Waals surface area contributed by atoms with Gasteiger partial charge in [-0.15, -0.1) is 0 Å². The molecule has 0 aromatic heterocycles. The molecular weight excluding hydrogens is 474 g/mol. The SMILES string of the molecule is Cc1cc(N2C(=O)N(CC(=O)Nc3c(C(C)C)cccc3C(C)C)C(=O)C23CCCCC3)ccc1Cl. The number of hydrogen-bond acceptors (Lipinski definition) is 3. The van der Waals surface area contributed by atoms with Gasteiger partial charge in [-0.1, -0.05) is 76.8 Å². The molecule has 2 aromatic carbocycles. The van der Waals surface area contributed by atoms with Crippen molar-refractivity contribution in [1.82, 2.24) is 4.90 Å². The van der Waals surface area contributed by atoms with E-state index in [4.69, 9.17) is 11.6 Å². The van der Waals surface area contributed by atoms with Crippen molar-refractivity contribution < 1.29 is 14.4 Å². The summed E-state index contributed by atoms with van der Waals surface area (Å²) in [5, 5.41) is 3.66. The lowest BCUT2D eigenvalue weighted by Crippen LogP contribution is -2.51. The van der Waals surface area contributed by atoms with E-state index in [-0.39, 0.29) is 30.2 Å². The summed E-state index contributed by atoms with van der Waals surface area (Å²) in [5.41, 5.74) is 3.39. The number of amides is 4. The van der Waals surface area contributed by atoms with Gasteiger partial charge in [0.25, 0.3) is 5.91 Å². The zero-order valence-corrected chi connectivity index (χ0v) is 22.6. The Kier molecular flexibility index (Phi) is 7.46. The van der Waals surface area contributed by atoms with Crippen molar-refractivity contribution >= 4 is 40.8 Å². The summed E-state index contributed by atoms with van der Waals surface area (Å²) in [6, 6.07) is 11.0. The summed E-state index contributed by atoms with van der Waals surface area (Å²) in [5.74, 6) is -0.227. The molecule has 4 rings (SSSR count). The molecule has 2 fully saturated rings. The largest absolute Gasteiger partial charge is 0.332 e. The number of nitrogens with one attached hydrogen (secondary N) is 1. The Balaban J connectivity index is 1.66. The third kappa shape index (κ3) is 4.63. The third-order valence-corrected chi connectivity index (χ3v) is 7.94. The van der Waals surface area contributed by atoms with Crippen LogP contribution in [0.3, 0.4) is 0 Å². The minimum Gasteiger partial charge on any atom is -0.324 e. The van der Waals surface area contributed by atoms with Gasteiger partial charge in [-0.05, 0) is 66.5 Å². The molecule has 36 heavy (non-hydrogen) atoms. The van der Waals surface area contributed by atoms with Gasteiger partial charge in [-0.25, -0.2) is 4.79 Å². The van der Waals surface area contributed by atoms with E-state index in [0.717, 1.165) is 46.5 Å². The van der Waals surface area contributed by atoms with E-state index in [1.54, 1.807) is 17.0 Å². The summed E-state index contributed by atoms with van der Waals surface area (Å²) in [6.45, 7) is 9.91. The Morgan fingerprint density at radius 3 is 2.17 bits per heavy atom. The van der Waals surface area contributed by atoms with Crippen molar-refractivity contribution in [2.45, 2.75) is 84.1 Å². The molecule has 4 amide bonds. The van der Waals surface area contributed by atoms with Gasteiger partial charge in [0.15, 0.2) is 0 Å². The zero-order chi connectivity index (χ0) is 26.2. The van der Waals surface area contributed by atoms with Gasteiger partial charge in [0.1, 0.15) is 12.1 Å². The normalized spacial score (nSPS) is 17.6. The van der Waals surface area contributed by atoms with Crippen molar-refractivity contribution in [1.29, 1.82) is 0 Å². The molecule has 1 heterocycles. The number of nitrogens with zero attached hydrogens (tertiary/aromatic N) is 2. The predicted molar refractivity (Wildman–Crippen MR) is 145 cm³/mol. The van der Waals surface area contributed by atoms with E-state index >= 15 is 0 Å². The van der Waals surface area contributed by atoms with Gasteiger partial charge >= 0.3 is 6.03 Å². The molecule has 0 bridgehead atoms. The van der Waals surface area contributed by atoms with Crippen molar-refractivity contribution in [2.75, 3.05) is 16.8 Å². The first kappa shape index (κ1) is 26.2. The molecule has 0 atom stereocenters. The van der Waals surface area contributed by atoms with Gasteiger partial charge < -0.3 is 5.32 Å². The number of carbonyl (C=O) groups is 3. The highest BCUT2D eigenvalue weighted by atomic mass is 35.5. The van der Waals surface area contributed by atoms with Gasteiger partial charge in [-0.2, -0.15) is 0 Å². The fourth-order valence-electron chi connectivity index (χ4n) is 5.59. The number of halogens is 1. The van der Waals surface area contributed by atoms with Gasteiger partial charge in [0.2, 0.25) is 5.91 Å². The van der Waals surface area contributed by atoms with E-state index in [0.29, 0.717) is 23.6 Å². The molecule has 0 radical (unpaired) electrons. The van der Waals surface area contributed by atoms with Crippen LogP contribution in [0.2, 0.25) is 5.02 Å². The molecule has 192 valence electrons. The van der Waals surface area contributed by atoms with E-state index in [9.17, 15) is 14.4 Å². The monoisotopic (exact) mass is 509 g/mol. The Labute approximate surface area is 219 Å². The van der Waals surface area contributed by atoms with Crippen LogP contribution in [0.25, 0.3) is 0 Å². The fourth-order valence-corrected chi connectivity index (χ4v) is 5.71. The van der Waals surface area contributed by atoms with Crippen LogP contribution in [-0.4, -0.2) is 34.8 Å². The third-order valence-electron chi connectivity index (χ3n) is 7.51.